The van der Waals surface area contributed by atoms with Gasteiger partial charge >= 0.3 is 0 Å². The minimum atomic E-state index is -3.76. The molecule has 2 N–H and O–H groups in total. The van der Waals surface area contributed by atoms with E-state index in [0.29, 0.717) is 0 Å². The molecule has 0 atom stereocenters. The van der Waals surface area contributed by atoms with Crippen molar-refractivity contribution in [2.24, 2.45) is 0 Å². The molecule has 2 rings (SSSR count). The van der Waals surface area contributed by atoms with Gasteiger partial charge in [-0.2, -0.15) is 0 Å². The fourth-order valence-corrected chi connectivity index (χ4v) is 3.05. The summed E-state index contributed by atoms with van der Waals surface area (Å²) in [6.07, 6.45) is 0. The number of furan rings is 1. The molecular weight excluding hydrogens is 334 g/mol. The molecule has 1 aliphatic rings. The van der Waals surface area contributed by atoms with Gasteiger partial charge in [-0.3, -0.25) is 19.3 Å². The lowest BCUT2D eigenvalue weighted by atomic mass is 10.4. The molecule has 9 nitrogen and oxygen atoms in total. The summed E-state index contributed by atoms with van der Waals surface area (Å²) in [7, 11) is -2.53. The predicted molar refractivity (Wildman–Crippen MR) is 76.9 cm³/mol. The fraction of sp³-hybridized carbons (Fsp3) is 0.364. The summed E-state index contributed by atoms with van der Waals surface area (Å²) in [6.45, 7) is 0.102. The smallest absolute Gasteiger partial charge is 0.288 e. The Hall–Kier alpha value is -1.85. The lowest BCUT2D eigenvalue weighted by Crippen LogP contribution is -2.37. The molecule has 120 valence electrons. The molecule has 0 unspecified atom stereocenters. The van der Waals surface area contributed by atoms with Crippen LogP contribution >= 0.6 is 11.8 Å². The molecule has 0 spiro atoms. The highest BCUT2D eigenvalue weighted by molar-refractivity contribution is 8.14. The highest BCUT2D eigenvalue weighted by Crippen LogP contribution is 2.18. The molecule has 1 aliphatic heterocycles. The van der Waals surface area contributed by atoms with Crippen molar-refractivity contribution in [3.05, 3.63) is 17.9 Å². The zero-order valence-corrected chi connectivity index (χ0v) is 13.1. The molecule has 0 aromatic carbocycles. The number of hydrogen-bond acceptors (Lipinski definition) is 7. The van der Waals surface area contributed by atoms with Crippen LogP contribution in [-0.4, -0.2) is 56.3 Å². The van der Waals surface area contributed by atoms with Crippen molar-refractivity contribution in [3.8, 4) is 0 Å². The first kappa shape index (κ1) is 16.5. The van der Waals surface area contributed by atoms with E-state index in [1.165, 1.54) is 13.1 Å². The van der Waals surface area contributed by atoms with Gasteiger partial charge in [-0.05, 0) is 19.2 Å². The maximum atomic E-state index is 11.8. The third-order valence-corrected chi connectivity index (χ3v) is 4.95. The molecule has 1 fully saturated rings. The maximum Gasteiger partial charge on any atom is 0.288 e. The van der Waals surface area contributed by atoms with E-state index in [9.17, 15) is 22.8 Å². The predicted octanol–water partition coefficient (Wildman–Crippen LogP) is -0.387. The average molecular weight is 347 g/mol. The molecule has 2 heterocycles. The molecule has 22 heavy (non-hydrogen) atoms. The van der Waals surface area contributed by atoms with Crippen LogP contribution in [0.3, 0.4) is 0 Å². The Morgan fingerprint density at radius 3 is 2.73 bits per heavy atom. The minimum Gasteiger partial charge on any atom is -0.438 e. The Labute approximate surface area is 130 Å². The molecule has 0 aliphatic carbocycles. The van der Waals surface area contributed by atoms with E-state index < -0.39 is 15.9 Å². The van der Waals surface area contributed by atoms with Gasteiger partial charge in [0.05, 0.1) is 5.75 Å². The molecule has 1 saturated heterocycles. The van der Waals surface area contributed by atoms with Crippen molar-refractivity contribution in [1.29, 1.82) is 0 Å². The van der Waals surface area contributed by atoms with E-state index >= 15 is 0 Å². The lowest BCUT2D eigenvalue weighted by molar-refractivity contribution is -0.124. The molecular formula is C11H13N3O6S2. The van der Waals surface area contributed by atoms with Crippen molar-refractivity contribution in [1.82, 2.24) is 14.9 Å². The summed E-state index contributed by atoms with van der Waals surface area (Å²) >= 11 is 0.910. The number of carbonyl (C=O) groups is 3. The van der Waals surface area contributed by atoms with Crippen LogP contribution in [0, 0.1) is 0 Å². The number of hydrogen-bond donors (Lipinski definition) is 2. The van der Waals surface area contributed by atoms with Crippen molar-refractivity contribution in [2.45, 2.75) is 5.09 Å². The normalized spacial score (nSPS) is 15.4. The number of imide groups is 1. The number of nitrogens with one attached hydrogen (secondary N) is 2. The maximum absolute atomic E-state index is 11.8. The van der Waals surface area contributed by atoms with Gasteiger partial charge in [-0.1, -0.05) is 11.8 Å². The number of carbonyl (C=O) groups excluding carboxylic acids is 3. The summed E-state index contributed by atoms with van der Waals surface area (Å²) in [5.41, 5.74) is 0. The van der Waals surface area contributed by atoms with Crippen LogP contribution in [0.15, 0.2) is 21.6 Å². The van der Waals surface area contributed by atoms with Crippen LogP contribution in [0.5, 0.6) is 0 Å². The Bertz CT molecular complexity index is 695. The summed E-state index contributed by atoms with van der Waals surface area (Å²) in [5.74, 6) is -1.01. The van der Waals surface area contributed by atoms with Crippen LogP contribution in [0.4, 0.5) is 4.79 Å². The Kier molecular flexibility index (Phi) is 4.88. The number of sulfonamides is 1. The van der Waals surface area contributed by atoms with Crippen LogP contribution in [0.1, 0.15) is 10.6 Å². The van der Waals surface area contributed by atoms with E-state index in [4.69, 9.17) is 4.42 Å². The standard InChI is InChI=1S/C11H13N3O6S2/c1-12-22(18,19)9-3-2-7(20-9)10(16)13-4-5-14-8(15)6-21-11(14)17/h2-3,12H,4-6H2,1H3,(H,13,16). The first-order valence-electron chi connectivity index (χ1n) is 6.14. The third kappa shape index (κ3) is 3.48. The van der Waals surface area contributed by atoms with E-state index in [2.05, 4.69) is 10.0 Å². The highest BCUT2D eigenvalue weighted by atomic mass is 32.2. The molecule has 0 bridgehead atoms. The van der Waals surface area contributed by atoms with Gasteiger partial charge in [0.15, 0.2) is 5.76 Å². The first-order chi connectivity index (χ1) is 10.3. The van der Waals surface area contributed by atoms with Gasteiger partial charge in [0.25, 0.3) is 21.2 Å². The SMILES string of the molecule is CNS(=O)(=O)c1ccc(C(=O)NCCN2C(=O)CSC2=O)o1. The Balaban J connectivity index is 1.91. The third-order valence-electron chi connectivity index (χ3n) is 2.80. The van der Waals surface area contributed by atoms with Crippen LogP contribution < -0.4 is 10.0 Å². The summed E-state index contributed by atoms with van der Waals surface area (Å²) in [4.78, 5) is 35.5. The van der Waals surface area contributed by atoms with Crippen molar-refractivity contribution in [3.63, 3.8) is 0 Å². The van der Waals surface area contributed by atoms with Gasteiger partial charge in [0.2, 0.25) is 11.0 Å². The van der Waals surface area contributed by atoms with Gasteiger partial charge < -0.3 is 9.73 Å². The van der Waals surface area contributed by atoms with E-state index in [0.717, 1.165) is 22.7 Å². The van der Waals surface area contributed by atoms with E-state index in [1.54, 1.807) is 0 Å². The van der Waals surface area contributed by atoms with Crippen molar-refractivity contribution < 1.29 is 27.2 Å². The van der Waals surface area contributed by atoms with E-state index in [-0.39, 0.29) is 40.8 Å². The number of thioether (sulfide) groups is 1. The largest absolute Gasteiger partial charge is 0.438 e. The molecule has 3 amide bonds. The number of rotatable bonds is 6. The van der Waals surface area contributed by atoms with Crippen LogP contribution in [-0.2, 0) is 14.8 Å². The molecule has 1 aromatic heterocycles. The lowest BCUT2D eigenvalue weighted by Gasteiger charge is -2.12. The second kappa shape index (κ2) is 6.50. The number of nitrogens with zero attached hydrogens (tertiary/aromatic N) is 1. The zero-order chi connectivity index (χ0) is 16.3. The molecule has 11 heteroatoms. The highest BCUT2D eigenvalue weighted by Gasteiger charge is 2.29. The van der Waals surface area contributed by atoms with Gasteiger partial charge in [0, 0.05) is 13.1 Å². The minimum absolute atomic E-state index is 0.0473. The van der Waals surface area contributed by atoms with Crippen LogP contribution in [0.2, 0.25) is 0 Å². The quantitative estimate of drug-likeness (QED) is 0.718. The second-order valence-corrected chi connectivity index (χ2v) is 6.93. The second-order valence-electron chi connectivity index (χ2n) is 4.18. The first-order valence-corrected chi connectivity index (χ1v) is 8.60. The van der Waals surface area contributed by atoms with Crippen molar-refractivity contribution in [2.75, 3.05) is 25.9 Å². The summed E-state index contributed by atoms with van der Waals surface area (Å²) in [6, 6.07) is 2.38. The Morgan fingerprint density at radius 1 is 1.41 bits per heavy atom. The molecule has 0 saturated carbocycles. The van der Waals surface area contributed by atoms with Gasteiger partial charge in [0.1, 0.15) is 0 Å². The zero-order valence-electron chi connectivity index (χ0n) is 11.5. The Morgan fingerprint density at radius 2 is 2.14 bits per heavy atom. The molecule has 0 radical (unpaired) electrons. The summed E-state index contributed by atoms with van der Waals surface area (Å²) in [5, 5.41) is 1.73. The van der Waals surface area contributed by atoms with Gasteiger partial charge in [-0.25, -0.2) is 13.1 Å². The average Bonchev–Trinajstić information content (AvgIpc) is 3.09. The molecule has 1 aromatic rings. The monoisotopic (exact) mass is 347 g/mol. The number of amides is 3. The van der Waals surface area contributed by atoms with Crippen LogP contribution in [0.25, 0.3) is 0 Å². The fourth-order valence-electron chi connectivity index (χ4n) is 1.65. The summed E-state index contributed by atoms with van der Waals surface area (Å²) < 4.78 is 30.0. The van der Waals surface area contributed by atoms with E-state index in [1.807, 2.05) is 0 Å². The topological polar surface area (TPSA) is 126 Å². The van der Waals surface area contributed by atoms with Gasteiger partial charge in [-0.15, -0.1) is 0 Å². The van der Waals surface area contributed by atoms with Crippen molar-refractivity contribution >= 4 is 38.8 Å².